The molecule has 0 aliphatic carbocycles. The predicted molar refractivity (Wildman–Crippen MR) is 134 cm³/mol. The van der Waals surface area contributed by atoms with E-state index in [0.717, 1.165) is 11.1 Å². The molecule has 0 aliphatic rings. The molecule has 0 saturated heterocycles. The van der Waals surface area contributed by atoms with Gasteiger partial charge in [-0.1, -0.05) is 72.8 Å². The van der Waals surface area contributed by atoms with Gasteiger partial charge in [-0.25, -0.2) is 14.4 Å². The van der Waals surface area contributed by atoms with Crippen LogP contribution in [0, 0.1) is 5.82 Å². The topological polar surface area (TPSA) is 78.4 Å². The van der Waals surface area contributed by atoms with Crippen LogP contribution in [-0.4, -0.2) is 34.6 Å². The molecule has 0 aliphatic heterocycles. The first-order chi connectivity index (χ1) is 17.0. The summed E-state index contributed by atoms with van der Waals surface area (Å²) in [4.78, 5) is 24.1. The van der Waals surface area contributed by atoms with Gasteiger partial charge in [-0.3, -0.25) is 4.79 Å². The van der Waals surface area contributed by atoms with E-state index in [1.807, 2.05) is 72.6 Å². The second-order valence-corrected chi connectivity index (χ2v) is 8.26. The van der Waals surface area contributed by atoms with Gasteiger partial charge in [0.25, 0.3) is 5.91 Å². The van der Waals surface area contributed by atoms with Crippen LogP contribution in [0.25, 0.3) is 11.3 Å². The highest BCUT2D eigenvalue weighted by Gasteiger charge is 2.18. The van der Waals surface area contributed by atoms with E-state index in [1.165, 1.54) is 18.3 Å². The number of nitrogens with zero attached hydrogens (tertiary/aromatic N) is 3. The molecule has 0 saturated carbocycles. The molecule has 1 aromatic heterocycles. The monoisotopic (exact) mass is 470 g/mol. The van der Waals surface area contributed by atoms with Crippen LogP contribution in [0.3, 0.4) is 0 Å². The molecule has 1 unspecified atom stereocenters. The van der Waals surface area contributed by atoms with Gasteiger partial charge in [0, 0.05) is 31.9 Å². The zero-order valence-corrected chi connectivity index (χ0v) is 19.4. The lowest BCUT2D eigenvalue weighted by atomic mass is 10.1. The molecule has 2 N–H and O–H groups in total. The Hall–Kier alpha value is -4.10. The lowest BCUT2D eigenvalue weighted by molar-refractivity contribution is 0.0942. The Morgan fingerprint density at radius 3 is 2.46 bits per heavy atom. The number of benzene rings is 3. The van der Waals surface area contributed by atoms with Gasteiger partial charge in [0.1, 0.15) is 5.82 Å². The van der Waals surface area contributed by atoms with Gasteiger partial charge >= 0.3 is 0 Å². The summed E-state index contributed by atoms with van der Waals surface area (Å²) in [6, 6.07) is 25.3. The number of amides is 1. The van der Waals surface area contributed by atoms with Crippen LogP contribution in [-0.2, 0) is 6.54 Å². The summed E-state index contributed by atoms with van der Waals surface area (Å²) in [7, 11) is 1.91. The second-order valence-electron chi connectivity index (χ2n) is 8.26. The van der Waals surface area contributed by atoms with Crippen LogP contribution in [0.4, 0.5) is 10.3 Å². The SMILES string of the molecule is CN(Cc1ccccc1)c1ncc(C(=O)NCCC(O)c2cccc(F)c2)c(-c2ccccc2)n1. The lowest BCUT2D eigenvalue weighted by Gasteiger charge is -2.19. The molecule has 3 aromatic carbocycles. The molecule has 4 aromatic rings. The van der Waals surface area contributed by atoms with Crippen molar-refractivity contribution in [1.82, 2.24) is 15.3 Å². The minimum atomic E-state index is -0.884. The Labute approximate surface area is 204 Å². The van der Waals surface area contributed by atoms with Crippen molar-refractivity contribution in [2.45, 2.75) is 19.1 Å². The van der Waals surface area contributed by atoms with Crippen molar-refractivity contribution in [3.8, 4) is 11.3 Å². The van der Waals surface area contributed by atoms with Crippen LogP contribution in [0.1, 0.15) is 34.0 Å². The Bertz CT molecular complexity index is 1270. The molecule has 0 radical (unpaired) electrons. The third kappa shape index (κ3) is 6.28. The lowest BCUT2D eigenvalue weighted by Crippen LogP contribution is -2.27. The standard InChI is InChI=1S/C28H27FN4O2/c1-33(19-20-9-4-2-5-10-20)28-31-18-24(26(32-28)21-11-6-3-7-12-21)27(35)30-16-15-25(34)22-13-8-14-23(29)17-22/h2-14,17-18,25,34H,15-16,19H2,1H3,(H,30,35). The summed E-state index contributed by atoms with van der Waals surface area (Å²) in [5.74, 6) is -0.245. The normalized spacial score (nSPS) is 11.6. The van der Waals surface area contributed by atoms with E-state index in [0.29, 0.717) is 29.3 Å². The summed E-state index contributed by atoms with van der Waals surface area (Å²) in [5.41, 5.74) is 3.26. The summed E-state index contributed by atoms with van der Waals surface area (Å²) < 4.78 is 13.4. The van der Waals surface area contributed by atoms with Crippen LogP contribution >= 0.6 is 0 Å². The number of hydrogen-bond donors (Lipinski definition) is 2. The van der Waals surface area contributed by atoms with Crippen LogP contribution in [0.2, 0.25) is 0 Å². The summed E-state index contributed by atoms with van der Waals surface area (Å²) in [5, 5.41) is 13.2. The van der Waals surface area contributed by atoms with Gasteiger partial charge in [0.2, 0.25) is 5.95 Å². The maximum Gasteiger partial charge on any atom is 0.255 e. The molecule has 178 valence electrons. The summed E-state index contributed by atoms with van der Waals surface area (Å²) >= 11 is 0. The zero-order chi connectivity index (χ0) is 24.6. The van der Waals surface area contributed by atoms with E-state index in [9.17, 15) is 14.3 Å². The Kier molecular flexibility index (Phi) is 7.80. The second kappa shape index (κ2) is 11.4. The first-order valence-corrected chi connectivity index (χ1v) is 11.4. The van der Waals surface area contributed by atoms with Gasteiger partial charge in [0.15, 0.2) is 0 Å². The third-order valence-electron chi connectivity index (χ3n) is 5.61. The van der Waals surface area contributed by atoms with E-state index in [1.54, 1.807) is 12.1 Å². The van der Waals surface area contributed by atoms with Gasteiger partial charge in [-0.2, -0.15) is 0 Å². The number of aromatic nitrogens is 2. The van der Waals surface area contributed by atoms with Crippen molar-refractivity contribution in [3.05, 3.63) is 114 Å². The highest BCUT2D eigenvalue weighted by molar-refractivity contribution is 5.99. The fourth-order valence-electron chi connectivity index (χ4n) is 3.76. The van der Waals surface area contributed by atoms with Crippen molar-refractivity contribution in [2.75, 3.05) is 18.5 Å². The van der Waals surface area contributed by atoms with Gasteiger partial charge in [0.05, 0.1) is 17.4 Å². The van der Waals surface area contributed by atoms with Crippen LogP contribution < -0.4 is 10.2 Å². The largest absolute Gasteiger partial charge is 0.388 e. The number of aliphatic hydroxyl groups is 1. The first-order valence-electron chi connectivity index (χ1n) is 11.4. The highest BCUT2D eigenvalue weighted by Crippen LogP contribution is 2.24. The molecule has 7 heteroatoms. The summed E-state index contributed by atoms with van der Waals surface area (Å²) in [6.07, 6.45) is 0.893. The molecule has 1 amide bonds. The maximum absolute atomic E-state index is 13.4. The van der Waals surface area contributed by atoms with Crippen molar-refractivity contribution in [3.63, 3.8) is 0 Å². The smallest absolute Gasteiger partial charge is 0.255 e. The van der Waals surface area contributed by atoms with E-state index in [2.05, 4.69) is 10.3 Å². The van der Waals surface area contributed by atoms with E-state index < -0.39 is 11.9 Å². The fraction of sp³-hybridized carbons (Fsp3) is 0.179. The number of rotatable bonds is 9. The van der Waals surface area contributed by atoms with E-state index in [-0.39, 0.29) is 18.9 Å². The van der Waals surface area contributed by atoms with E-state index >= 15 is 0 Å². The van der Waals surface area contributed by atoms with Gasteiger partial charge in [-0.15, -0.1) is 0 Å². The number of carbonyl (C=O) groups excluding carboxylic acids is 1. The van der Waals surface area contributed by atoms with Crippen LogP contribution in [0.15, 0.2) is 91.1 Å². The van der Waals surface area contributed by atoms with Crippen molar-refractivity contribution in [1.29, 1.82) is 0 Å². The van der Waals surface area contributed by atoms with Crippen LogP contribution in [0.5, 0.6) is 0 Å². The Balaban J connectivity index is 1.50. The van der Waals surface area contributed by atoms with Gasteiger partial charge in [-0.05, 0) is 29.7 Å². The number of halogens is 1. The van der Waals surface area contributed by atoms with Crippen molar-refractivity contribution < 1.29 is 14.3 Å². The molecule has 6 nitrogen and oxygen atoms in total. The van der Waals surface area contributed by atoms with Crippen molar-refractivity contribution in [2.24, 2.45) is 0 Å². The zero-order valence-electron chi connectivity index (χ0n) is 19.4. The average molecular weight is 471 g/mol. The minimum absolute atomic E-state index is 0.209. The minimum Gasteiger partial charge on any atom is -0.388 e. The average Bonchev–Trinajstić information content (AvgIpc) is 2.89. The molecule has 35 heavy (non-hydrogen) atoms. The Morgan fingerprint density at radius 2 is 1.74 bits per heavy atom. The highest BCUT2D eigenvalue weighted by atomic mass is 19.1. The molecule has 1 atom stereocenters. The Morgan fingerprint density at radius 1 is 1.03 bits per heavy atom. The third-order valence-corrected chi connectivity index (χ3v) is 5.61. The molecule has 0 fully saturated rings. The van der Waals surface area contributed by atoms with Gasteiger partial charge < -0.3 is 15.3 Å². The predicted octanol–water partition coefficient (Wildman–Crippen LogP) is 4.77. The van der Waals surface area contributed by atoms with Crippen molar-refractivity contribution >= 4 is 11.9 Å². The molecular formula is C28H27FN4O2. The molecule has 4 rings (SSSR count). The number of aliphatic hydroxyl groups excluding tert-OH is 1. The molecule has 0 bridgehead atoms. The van der Waals surface area contributed by atoms with E-state index in [4.69, 9.17) is 4.98 Å². The number of anilines is 1. The summed E-state index contributed by atoms with van der Waals surface area (Å²) in [6.45, 7) is 0.832. The number of nitrogens with one attached hydrogen (secondary N) is 1. The number of hydrogen-bond acceptors (Lipinski definition) is 5. The first kappa shape index (κ1) is 24.0. The molecule has 0 spiro atoms. The fourth-order valence-corrected chi connectivity index (χ4v) is 3.76. The molecule has 1 heterocycles. The number of carbonyl (C=O) groups is 1. The quantitative estimate of drug-likeness (QED) is 0.368. The molecular weight excluding hydrogens is 443 g/mol. The maximum atomic E-state index is 13.4.